The van der Waals surface area contributed by atoms with Gasteiger partial charge in [0.15, 0.2) is 0 Å². The Labute approximate surface area is 159 Å². The lowest BCUT2D eigenvalue weighted by Gasteiger charge is -2.40. The molecule has 2 aromatic carbocycles. The first-order valence-corrected chi connectivity index (χ1v) is 8.93. The van der Waals surface area contributed by atoms with Gasteiger partial charge in [0.2, 0.25) is 0 Å². The van der Waals surface area contributed by atoms with Crippen molar-refractivity contribution in [1.82, 2.24) is 0 Å². The third-order valence-electron chi connectivity index (χ3n) is 4.51. The molecule has 0 radical (unpaired) electrons. The van der Waals surface area contributed by atoms with E-state index in [9.17, 15) is 9.59 Å². The number of rotatable bonds is 6. The molecule has 0 unspecified atom stereocenters. The summed E-state index contributed by atoms with van der Waals surface area (Å²) in [6, 6.07) is 14.5. The first kappa shape index (κ1) is 18.8. The van der Waals surface area contributed by atoms with Gasteiger partial charge >= 0.3 is 5.97 Å². The Morgan fingerprint density at radius 2 is 1.81 bits per heavy atom. The summed E-state index contributed by atoms with van der Waals surface area (Å²) in [5.74, 6) is 0.303. The van der Waals surface area contributed by atoms with E-state index in [0.29, 0.717) is 24.3 Å². The Hall–Kier alpha value is -3.02. The maximum absolute atomic E-state index is 12.8. The largest absolute Gasteiger partial charge is 0.497 e. The lowest BCUT2D eigenvalue weighted by Crippen LogP contribution is -2.54. The van der Waals surface area contributed by atoms with E-state index in [4.69, 9.17) is 9.47 Å². The number of ether oxygens (including phenoxy) is 2. The topological polar surface area (TPSA) is 67.9 Å². The van der Waals surface area contributed by atoms with Crippen LogP contribution >= 0.6 is 0 Å². The molecule has 0 fully saturated rings. The number of amides is 1. The third kappa shape index (κ3) is 4.05. The molecule has 1 aliphatic rings. The van der Waals surface area contributed by atoms with E-state index in [0.717, 1.165) is 11.4 Å². The van der Waals surface area contributed by atoms with Crippen molar-refractivity contribution in [3.63, 3.8) is 0 Å². The Morgan fingerprint density at radius 3 is 2.52 bits per heavy atom. The van der Waals surface area contributed by atoms with Crippen molar-refractivity contribution in [2.45, 2.75) is 25.8 Å². The standard InChI is InChI=1S/C21H24N2O4/c1-21(2)20(25)23(18-8-5-4-7-17(18)22-21)13-6-14-27-19(24)15-9-11-16(26-3)12-10-15/h4-5,7-12,22H,6,13-14H2,1-3H3. The highest BCUT2D eigenvalue weighted by atomic mass is 16.5. The molecule has 6 nitrogen and oxygen atoms in total. The summed E-state index contributed by atoms with van der Waals surface area (Å²) in [6.07, 6.45) is 0.554. The van der Waals surface area contributed by atoms with Crippen molar-refractivity contribution in [1.29, 1.82) is 0 Å². The molecule has 0 aromatic heterocycles. The van der Waals surface area contributed by atoms with E-state index in [-0.39, 0.29) is 18.5 Å². The van der Waals surface area contributed by atoms with Crippen LogP contribution in [-0.4, -0.2) is 37.7 Å². The highest BCUT2D eigenvalue weighted by Crippen LogP contribution is 2.34. The zero-order chi connectivity index (χ0) is 19.4. The molecule has 0 atom stereocenters. The molecule has 142 valence electrons. The van der Waals surface area contributed by atoms with Crippen LogP contribution in [0.1, 0.15) is 30.6 Å². The van der Waals surface area contributed by atoms with E-state index in [2.05, 4.69) is 5.32 Å². The minimum atomic E-state index is -0.672. The number of carbonyl (C=O) groups excluding carboxylic acids is 2. The number of anilines is 2. The van der Waals surface area contributed by atoms with Crippen LogP contribution in [0.2, 0.25) is 0 Å². The highest BCUT2D eigenvalue weighted by molar-refractivity contribution is 6.07. The number of carbonyl (C=O) groups is 2. The van der Waals surface area contributed by atoms with Crippen molar-refractivity contribution < 1.29 is 19.1 Å². The molecule has 1 amide bonds. The molecule has 1 N–H and O–H groups in total. The number of esters is 1. The fraction of sp³-hybridized carbons (Fsp3) is 0.333. The van der Waals surface area contributed by atoms with Crippen LogP contribution < -0.4 is 15.0 Å². The van der Waals surface area contributed by atoms with Gasteiger partial charge in [-0.15, -0.1) is 0 Å². The van der Waals surface area contributed by atoms with Gasteiger partial charge in [-0.2, -0.15) is 0 Å². The molecule has 0 aliphatic carbocycles. The second-order valence-corrected chi connectivity index (χ2v) is 6.94. The van der Waals surface area contributed by atoms with Gasteiger partial charge in [0.05, 0.1) is 30.7 Å². The molecule has 3 rings (SSSR count). The first-order chi connectivity index (χ1) is 12.9. The van der Waals surface area contributed by atoms with Crippen molar-refractivity contribution in [2.75, 3.05) is 30.5 Å². The summed E-state index contributed by atoms with van der Waals surface area (Å²) in [6.45, 7) is 4.45. The minimum absolute atomic E-state index is 0.00248. The fourth-order valence-electron chi connectivity index (χ4n) is 3.07. The van der Waals surface area contributed by atoms with Crippen LogP contribution in [-0.2, 0) is 9.53 Å². The van der Waals surface area contributed by atoms with Crippen LogP contribution in [0.25, 0.3) is 0 Å². The predicted octanol–water partition coefficient (Wildman–Crippen LogP) is 3.48. The van der Waals surface area contributed by atoms with Crippen LogP contribution in [0.5, 0.6) is 5.75 Å². The van der Waals surface area contributed by atoms with Gasteiger partial charge < -0.3 is 19.7 Å². The van der Waals surface area contributed by atoms with E-state index >= 15 is 0 Å². The van der Waals surface area contributed by atoms with Gasteiger partial charge in [-0.05, 0) is 56.7 Å². The average Bonchev–Trinajstić information content (AvgIpc) is 2.67. The molecule has 2 aromatic rings. The number of nitrogens with one attached hydrogen (secondary N) is 1. The molecule has 0 saturated carbocycles. The lowest BCUT2D eigenvalue weighted by molar-refractivity contribution is -0.122. The zero-order valence-electron chi connectivity index (χ0n) is 15.8. The van der Waals surface area contributed by atoms with Crippen molar-refractivity contribution in [3.8, 4) is 5.75 Å². The van der Waals surface area contributed by atoms with Crippen LogP contribution in [0.4, 0.5) is 11.4 Å². The summed E-state index contributed by atoms with van der Waals surface area (Å²) in [4.78, 5) is 26.6. The zero-order valence-corrected chi connectivity index (χ0v) is 15.8. The molecule has 0 bridgehead atoms. The number of nitrogens with zero attached hydrogens (tertiary/aromatic N) is 1. The fourth-order valence-corrected chi connectivity index (χ4v) is 3.07. The van der Waals surface area contributed by atoms with E-state index in [1.807, 2.05) is 38.1 Å². The van der Waals surface area contributed by atoms with Crippen molar-refractivity contribution >= 4 is 23.3 Å². The summed E-state index contributed by atoms with van der Waals surface area (Å²) < 4.78 is 10.4. The second kappa shape index (κ2) is 7.70. The number of para-hydroxylation sites is 2. The van der Waals surface area contributed by atoms with Gasteiger partial charge in [-0.3, -0.25) is 4.79 Å². The molecule has 27 heavy (non-hydrogen) atoms. The monoisotopic (exact) mass is 368 g/mol. The summed E-state index contributed by atoms with van der Waals surface area (Å²) in [7, 11) is 1.57. The van der Waals surface area contributed by atoms with Crippen molar-refractivity contribution in [2.24, 2.45) is 0 Å². The first-order valence-electron chi connectivity index (χ1n) is 8.93. The van der Waals surface area contributed by atoms with Gasteiger partial charge in [0.25, 0.3) is 5.91 Å². The normalized spacial score (nSPS) is 14.9. The lowest BCUT2D eigenvalue weighted by atomic mass is 9.98. The molecule has 1 aliphatic heterocycles. The smallest absolute Gasteiger partial charge is 0.338 e. The molecule has 1 heterocycles. The highest BCUT2D eigenvalue weighted by Gasteiger charge is 2.38. The molecular formula is C21H24N2O4. The minimum Gasteiger partial charge on any atom is -0.497 e. The summed E-state index contributed by atoms with van der Waals surface area (Å²) in [5, 5.41) is 3.27. The van der Waals surface area contributed by atoms with Crippen LogP contribution in [0.3, 0.4) is 0 Å². The average molecular weight is 368 g/mol. The molecule has 6 heteroatoms. The maximum Gasteiger partial charge on any atom is 0.338 e. The number of hydrogen-bond acceptors (Lipinski definition) is 5. The molecule has 0 spiro atoms. The van der Waals surface area contributed by atoms with Gasteiger partial charge in [0, 0.05) is 6.54 Å². The quantitative estimate of drug-likeness (QED) is 0.625. The van der Waals surface area contributed by atoms with Gasteiger partial charge in [-0.25, -0.2) is 4.79 Å². The van der Waals surface area contributed by atoms with E-state index in [1.54, 1.807) is 36.3 Å². The second-order valence-electron chi connectivity index (χ2n) is 6.94. The Kier molecular flexibility index (Phi) is 5.35. The Balaban J connectivity index is 1.58. The summed E-state index contributed by atoms with van der Waals surface area (Å²) in [5.41, 5.74) is 1.58. The number of fused-ring (bicyclic) bond motifs is 1. The SMILES string of the molecule is COc1ccc(C(=O)OCCCN2C(=O)C(C)(C)Nc3ccccc32)cc1. The molecule has 0 saturated heterocycles. The van der Waals surface area contributed by atoms with Gasteiger partial charge in [-0.1, -0.05) is 12.1 Å². The van der Waals surface area contributed by atoms with Crippen LogP contribution in [0.15, 0.2) is 48.5 Å². The van der Waals surface area contributed by atoms with Gasteiger partial charge in [0.1, 0.15) is 11.3 Å². The molecular weight excluding hydrogens is 344 g/mol. The Morgan fingerprint density at radius 1 is 1.11 bits per heavy atom. The van der Waals surface area contributed by atoms with E-state index in [1.165, 1.54) is 0 Å². The number of methoxy groups -OCH3 is 1. The maximum atomic E-state index is 12.8. The number of benzene rings is 2. The van der Waals surface area contributed by atoms with Crippen LogP contribution in [0, 0.1) is 0 Å². The predicted molar refractivity (Wildman–Crippen MR) is 104 cm³/mol. The summed E-state index contributed by atoms with van der Waals surface area (Å²) >= 11 is 0. The number of hydrogen-bond donors (Lipinski definition) is 1. The third-order valence-corrected chi connectivity index (χ3v) is 4.51. The van der Waals surface area contributed by atoms with E-state index < -0.39 is 5.54 Å². The Bertz CT molecular complexity index is 830. The van der Waals surface area contributed by atoms with Crippen molar-refractivity contribution in [3.05, 3.63) is 54.1 Å².